The SMILES string of the molecule is COc1ccccc1N(CCC#N)C(=S)Nc1ccccc1. The summed E-state index contributed by atoms with van der Waals surface area (Å²) in [5.74, 6) is 0.720. The number of ether oxygens (including phenoxy) is 1. The standard InChI is InChI=1S/C17H17N3OS/c1-21-16-11-6-5-10-15(16)20(13-7-12-18)17(22)19-14-8-3-2-4-9-14/h2-6,8-11H,7,13H2,1H3,(H,19,22). The van der Waals surface area contributed by atoms with Gasteiger partial charge in [0, 0.05) is 12.2 Å². The molecule has 0 aliphatic carbocycles. The van der Waals surface area contributed by atoms with E-state index in [9.17, 15) is 0 Å². The van der Waals surface area contributed by atoms with E-state index in [0.29, 0.717) is 18.1 Å². The Morgan fingerprint density at radius 1 is 1.18 bits per heavy atom. The van der Waals surface area contributed by atoms with E-state index in [1.165, 1.54) is 0 Å². The first kappa shape index (κ1) is 15.8. The van der Waals surface area contributed by atoms with Crippen molar-refractivity contribution in [3.63, 3.8) is 0 Å². The normalized spacial score (nSPS) is 9.64. The largest absolute Gasteiger partial charge is 0.495 e. The molecule has 2 rings (SSSR count). The highest BCUT2D eigenvalue weighted by atomic mass is 32.1. The molecule has 2 aromatic carbocycles. The van der Waals surface area contributed by atoms with Crippen LogP contribution in [0.5, 0.6) is 5.75 Å². The zero-order valence-electron chi connectivity index (χ0n) is 12.3. The molecule has 0 saturated carbocycles. The van der Waals surface area contributed by atoms with E-state index in [1.807, 2.05) is 59.5 Å². The molecule has 0 fully saturated rings. The topological polar surface area (TPSA) is 48.3 Å². The summed E-state index contributed by atoms with van der Waals surface area (Å²) in [6.07, 6.45) is 0.370. The fourth-order valence-electron chi connectivity index (χ4n) is 2.06. The molecule has 1 N–H and O–H groups in total. The van der Waals surface area contributed by atoms with E-state index in [-0.39, 0.29) is 0 Å². The van der Waals surface area contributed by atoms with E-state index in [2.05, 4.69) is 11.4 Å². The Morgan fingerprint density at radius 3 is 2.55 bits per heavy atom. The Bertz CT molecular complexity index is 667. The van der Waals surface area contributed by atoms with Gasteiger partial charge in [0.15, 0.2) is 5.11 Å². The highest BCUT2D eigenvalue weighted by molar-refractivity contribution is 7.80. The molecule has 2 aromatic rings. The van der Waals surface area contributed by atoms with Crippen molar-refractivity contribution >= 4 is 28.7 Å². The summed E-state index contributed by atoms with van der Waals surface area (Å²) in [4.78, 5) is 1.88. The number of anilines is 2. The maximum atomic E-state index is 8.89. The van der Waals surface area contributed by atoms with Crippen LogP contribution in [0.25, 0.3) is 0 Å². The first-order valence-electron chi connectivity index (χ1n) is 6.90. The summed E-state index contributed by atoms with van der Waals surface area (Å²) in [6.45, 7) is 0.496. The van der Waals surface area contributed by atoms with Crippen molar-refractivity contribution < 1.29 is 4.74 Å². The average molecular weight is 311 g/mol. The number of methoxy groups -OCH3 is 1. The van der Waals surface area contributed by atoms with Gasteiger partial charge in [-0.15, -0.1) is 0 Å². The van der Waals surface area contributed by atoms with Gasteiger partial charge in [-0.25, -0.2) is 0 Å². The molecule has 0 saturated heterocycles. The van der Waals surface area contributed by atoms with Crippen LogP contribution in [0.15, 0.2) is 54.6 Å². The maximum absolute atomic E-state index is 8.89. The van der Waals surface area contributed by atoms with Crippen LogP contribution in [0.3, 0.4) is 0 Å². The van der Waals surface area contributed by atoms with Crippen LogP contribution >= 0.6 is 12.2 Å². The number of para-hydroxylation sites is 3. The van der Waals surface area contributed by atoms with E-state index >= 15 is 0 Å². The number of nitriles is 1. The second kappa shape index (κ2) is 8.01. The smallest absolute Gasteiger partial charge is 0.178 e. The highest BCUT2D eigenvalue weighted by Crippen LogP contribution is 2.28. The number of hydrogen-bond donors (Lipinski definition) is 1. The zero-order valence-corrected chi connectivity index (χ0v) is 13.1. The fraction of sp³-hybridized carbons (Fsp3) is 0.176. The minimum absolute atomic E-state index is 0.370. The van der Waals surface area contributed by atoms with Crippen molar-refractivity contribution in [2.45, 2.75) is 6.42 Å². The van der Waals surface area contributed by atoms with Crippen LogP contribution < -0.4 is 15.0 Å². The Labute approximate surface area is 135 Å². The molecule has 0 radical (unpaired) electrons. The van der Waals surface area contributed by atoms with Gasteiger partial charge >= 0.3 is 0 Å². The Morgan fingerprint density at radius 2 is 1.86 bits per heavy atom. The van der Waals surface area contributed by atoms with E-state index < -0.39 is 0 Å². The maximum Gasteiger partial charge on any atom is 0.178 e. The van der Waals surface area contributed by atoms with Crippen molar-refractivity contribution in [1.29, 1.82) is 5.26 Å². The lowest BCUT2D eigenvalue weighted by Crippen LogP contribution is -2.35. The Balaban J connectivity index is 2.25. The fourth-order valence-corrected chi connectivity index (χ4v) is 2.37. The lowest BCUT2D eigenvalue weighted by molar-refractivity contribution is 0.415. The second-order valence-corrected chi connectivity index (χ2v) is 4.91. The molecule has 4 nitrogen and oxygen atoms in total. The van der Waals surface area contributed by atoms with Gasteiger partial charge in [-0.1, -0.05) is 30.3 Å². The second-order valence-electron chi connectivity index (χ2n) is 4.53. The third kappa shape index (κ3) is 3.96. The third-order valence-electron chi connectivity index (χ3n) is 3.09. The molecule has 0 unspecified atom stereocenters. The zero-order chi connectivity index (χ0) is 15.8. The monoisotopic (exact) mass is 311 g/mol. The van der Waals surface area contributed by atoms with Crippen molar-refractivity contribution in [1.82, 2.24) is 0 Å². The molecule has 22 heavy (non-hydrogen) atoms. The van der Waals surface area contributed by atoms with Gasteiger partial charge in [0.1, 0.15) is 5.75 Å². The molecular weight excluding hydrogens is 294 g/mol. The Hall–Kier alpha value is -2.58. The van der Waals surface area contributed by atoms with Crippen LogP contribution in [-0.4, -0.2) is 18.8 Å². The van der Waals surface area contributed by atoms with Gasteiger partial charge in [0.25, 0.3) is 0 Å². The van der Waals surface area contributed by atoms with Gasteiger partial charge in [-0.3, -0.25) is 0 Å². The summed E-state index contributed by atoms with van der Waals surface area (Å²) in [6, 6.07) is 19.5. The quantitative estimate of drug-likeness (QED) is 0.851. The average Bonchev–Trinajstić information content (AvgIpc) is 2.56. The summed E-state index contributed by atoms with van der Waals surface area (Å²) in [5.41, 5.74) is 1.75. The molecule has 0 aliphatic rings. The number of rotatable bonds is 5. The molecule has 0 bridgehead atoms. The van der Waals surface area contributed by atoms with Crippen LogP contribution in [0.2, 0.25) is 0 Å². The lowest BCUT2D eigenvalue weighted by atomic mass is 10.2. The molecule has 0 amide bonds. The van der Waals surface area contributed by atoms with Gasteiger partial charge in [-0.05, 0) is 36.5 Å². The number of benzene rings is 2. The van der Waals surface area contributed by atoms with Crippen LogP contribution in [0.1, 0.15) is 6.42 Å². The molecule has 0 aliphatic heterocycles. The van der Waals surface area contributed by atoms with Crippen molar-refractivity contribution in [3.05, 3.63) is 54.6 Å². The third-order valence-corrected chi connectivity index (χ3v) is 3.42. The lowest BCUT2D eigenvalue weighted by Gasteiger charge is -2.26. The van der Waals surface area contributed by atoms with E-state index in [0.717, 1.165) is 17.1 Å². The van der Waals surface area contributed by atoms with Crippen LogP contribution in [0.4, 0.5) is 11.4 Å². The predicted molar refractivity (Wildman–Crippen MR) is 93.2 cm³/mol. The molecule has 0 atom stereocenters. The Kier molecular flexibility index (Phi) is 5.75. The molecule has 0 spiro atoms. The number of nitrogens with one attached hydrogen (secondary N) is 1. The van der Waals surface area contributed by atoms with Gasteiger partial charge < -0.3 is 15.0 Å². The molecule has 0 aromatic heterocycles. The molecule has 0 heterocycles. The van der Waals surface area contributed by atoms with Crippen LogP contribution in [0, 0.1) is 11.3 Å². The van der Waals surface area contributed by atoms with Gasteiger partial charge in [-0.2, -0.15) is 5.26 Å². The van der Waals surface area contributed by atoms with Crippen LogP contribution in [-0.2, 0) is 0 Å². The number of thiocarbonyl (C=S) groups is 1. The first-order valence-corrected chi connectivity index (χ1v) is 7.30. The molecule has 112 valence electrons. The number of nitrogens with zero attached hydrogens (tertiary/aromatic N) is 2. The summed E-state index contributed by atoms with van der Waals surface area (Å²) >= 11 is 5.51. The van der Waals surface area contributed by atoms with E-state index in [1.54, 1.807) is 7.11 Å². The summed E-state index contributed by atoms with van der Waals surface area (Å²) in [7, 11) is 1.62. The summed E-state index contributed by atoms with van der Waals surface area (Å²) < 4.78 is 5.39. The van der Waals surface area contributed by atoms with E-state index in [4.69, 9.17) is 22.2 Å². The molecule has 5 heteroatoms. The molecular formula is C17H17N3OS. The minimum atomic E-state index is 0.370. The van der Waals surface area contributed by atoms with Crippen molar-refractivity contribution in [3.8, 4) is 11.8 Å². The van der Waals surface area contributed by atoms with Gasteiger partial charge in [0.2, 0.25) is 0 Å². The first-order chi connectivity index (χ1) is 10.8. The predicted octanol–water partition coefficient (Wildman–Crippen LogP) is 3.81. The summed E-state index contributed by atoms with van der Waals surface area (Å²) in [5, 5.41) is 12.6. The minimum Gasteiger partial charge on any atom is -0.495 e. The number of hydrogen-bond acceptors (Lipinski definition) is 3. The highest BCUT2D eigenvalue weighted by Gasteiger charge is 2.16. The van der Waals surface area contributed by atoms with Crippen molar-refractivity contribution in [2.24, 2.45) is 0 Å². The van der Waals surface area contributed by atoms with Crippen molar-refractivity contribution in [2.75, 3.05) is 23.9 Å². The van der Waals surface area contributed by atoms with Gasteiger partial charge in [0.05, 0.1) is 25.3 Å².